The lowest BCUT2D eigenvalue weighted by Crippen LogP contribution is -2.39. The molecule has 2 N–H and O–H groups in total. The van der Waals surface area contributed by atoms with Crippen LogP contribution in [-0.4, -0.2) is 59.9 Å². The summed E-state index contributed by atoms with van der Waals surface area (Å²) in [6.45, 7) is 11.9. The third-order valence-corrected chi connectivity index (χ3v) is 5.12. The smallest absolute Gasteiger partial charge is 0.176 e. The van der Waals surface area contributed by atoms with E-state index in [-0.39, 0.29) is 18.1 Å². The summed E-state index contributed by atoms with van der Waals surface area (Å²) in [6.07, 6.45) is 3.05. The SMILES string of the molecule is CCCN(CC)CC1COC2(CCC(C(C)(C)CO)=C(O)C2)O1. The Labute approximate surface area is 140 Å². The van der Waals surface area contributed by atoms with Crippen molar-refractivity contribution in [3.63, 3.8) is 0 Å². The second-order valence-electron chi connectivity index (χ2n) is 7.50. The summed E-state index contributed by atoms with van der Waals surface area (Å²) in [7, 11) is 0. The van der Waals surface area contributed by atoms with Gasteiger partial charge in [0.05, 0.1) is 31.5 Å². The number of ether oxygens (including phenoxy) is 2. The Morgan fingerprint density at radius 1 is 1.35 bits per heavy atom. The molecule has 2 atom stereocenters. The first kappa shape index (κ1) is 18.7. The van der Waals surface area contributed by atoms with Gasteiger partial charge in [-0.05, 0) is 31.5 Å². The fourth-order valence-corrected chi connectivity index (χ4v) is 3.65. The first-order valence-electron chi connectivity index (χ1n) is 8.92. The van der Waals surface area contributed by atoms with Crippen LogP contribution in [0.2, 0.25) is 0 Å². The van der Waals surface area contributed by atoms with Gasteiger partial charge in [0.1, 0.15) is 0 Å². The lowest BCUT2D eigenvalue weighted by atomic mass is 9.77. The van der Waals surface area contributed by atoms with E-state index in [1.165, 1.54) is 0 Å². The van der Waals surface area contributed by atoms with Gasteiger partial charge in [-0.25, -0.2) is 0 Å². The van der Waals surface area contributed by atoms with Gasteiger partial charge < -0.3 is 24.6 Å². The summed E-state index contributed by atoms with van der Waals surface area (Å²) in [5, 5.41) is 20.0. The zero-order valence-corrected chi connectivity index (χ0v) is 15.1. The molecule has 0 aromatic rings. The average Bonchev–Trinajstić information content (AvgIpc) is 2.88. The fraction of sp³-hybridized carbons (Fsp3) is 0.889. The minimum absolute atomic E-state index is 0.0339. The van der Waals surface area contributed by atoms with E-state index >= 15 is 0 Å². The van der Waals surface area contributed by atoms with Gasteiger partial charge in [-0.1, -0.05) is 27.7 Å². The molecule has 2 aliphatic rings. The predicted octanol–water partition coefficient (Wildman–Crippen LogP) is 2.84. The van der Waals surface area contributed by atoms with Crippen LogP contribution in [0.3, 0.4) is 0 Å². The van der Waals surface area contributed by atoms with Gasteiger partial charge in [0, 0.05) is 18.4 Å². The molecule has 1 aliphatic carbocycles. The summed E-state index contributed by atoms with van der Waals surface area (Å²) in [6, 6.07) is 0. The van der Waals surface area contributed by atoms with Gasteiger partial charge in [0.25, 0.3) is 0 Å². The van der Waals surface area contributed by atoms with E-state index in [4.69, 9.17) is 9.47 Å². The van der Waals surface area contributed by atoms with Crippen LogP contribution in [0.15, 0.2) is 11.3 Å². The minimum Gasteiger partial charge on any atom is -0.512 e. The average molecular weight is 327 g/mol. The summed E-state index contributed by atoms with van der Waals surface area (Å²) in [5.74, 6) is -0.341. The Bertz CT molecular complexity index is 435. The summed E-state index contributed by atoms with van der Waals surface area (Å²) in [5.41, 5.74) is 0.548. The van der Waals surface area contributed by atoms with Crippen LogP contribution < -0.4 is 0 Å². The number of hydrogen-bond acceptors (Lipinski definition) is 5. The van der Waals surface area contributed by atoms with Crippen molar-refractivity contribution in [1.29, 1.82) is 0 Å². The molecule has 2 rings (SSSR count). The van der Waals surface area contributed by atoms with Crippen molar-refractivity contribution in [3.05, 3.63) is 11.3 Å². The molecule has 1 heterocycles. The Hall–Kier alpha value is -0.620. The van der Waals surface area contributed by atoms with E-state index in [9.17, 15) is 10.2 Å². The molecule has 1 saturated heterocycles. The molecule has 0 aromatic heterocycles. The highest BCUT2D eigenvalue weighted by Crippen LogP contribution is 2.44. The summed E-state index contributed by atoms with van der Waals surface area (Å²) in [4.78, 5) is 2.38. The first-order valence-corrected chi connectivity index (χ1v) is 8.92. The summed E-state index contributed by atoms with van der Waals surface area (Å²) >= 11 is 0. The zero-order chi connectivity index (χ0) is 17.1. The second-order valence-corrected chi connectivity index (χ2v) is 7.50. The minimum atomic E-state index is -0.671. The van der Waals surface area contributed by atoms with Crippen molar-refractivity contribution in [1.82, 2.24) is 4.90 Å². The van der Waals surface area contributed by atoms with Crippen LogP contribution in [0.25, 0.3) is 0 Å². The highest BCUT2D eigenvalue weighted by atomic mass is 16.7. The lowest BCUT2D eigenvalue weighted by Gasteiger charge is -2.37. The van der Waals surface area contributed by atoms with Gasteiger partial charge in [0.15, 0.2) is 5.79 Å². The highest BCUT2D eigenvalue weighted by Gasteiger charge is 2.46. The molecule has 23 heavy (non-hydrogen) atoms. The van der Waals surface area contributed by atoms with Crippen LogP contribution in [0.5, 0.6) is 0 Å². The fourth-order valence-electron chi connectivity index (χ4n) is 3.65. The molecule has 0 amide bonds. The van der Waals surface area contributed by atoms with Crippen LogP contribution in [0.1, 0.15) is 53.4 Å². The Morgan fingerprint density at radius 2 is 2.09 bits per heavy atom. The molecule has 0 bridgehead atoms. The van der Waals surface area contributed by atoms with Gasteiger partial charge in [-0.15, -0.1) is 0 Å². The maximum atomic E-state index is 10.5. The third-order valence-electron chi connectivity index (χ3n) is 5.12. The second kappa shape index (κ2) is 7.51. The normalized spacial score (nSPS) is 29.0. The van der Waals surface area contributed by atoms with E-state index in [0.29, 0.717) is 25.2 Å². The topological polar surface area (TPSA) is 62.2 Å². The van der Waals surface area contributed by atoms with Crippen LogP contribution in [0, 0.1) is 5.41 Å². The van der Waals surface area contributed by atoms with Crippen LogP contribution >= 0.6 is 0 Å². The lowest BCUT2D eigenvalue weighted by molar-refractivity contribution is -0.181. The molecule has 5 nitrogen and oxygen atoms in total. The molecule has 0 saturated carbocycles. The molecule has 0 radical (unpaired) electrons. The van der Waals surface area contributed by atoms with Crippen molar-refractivity contribution in [2.24, 2.45) is 5.41 Å². The molecule has 1 fully saturated rings. The van der Waals surface area contributed by atoms with Gasteiger partial charge in [-0.2, -0.15) is 0 Å². The van der Waals surface area contributed by atoms with E-state index < -0.39 is 5.79 Å². The first-order chi connectivity index (χ1) is 10.9. The maximum Gasteiger partial charge on any atom is 0.176 e. The standard InChI is InChI=1S/C18H33NO4/c1-5-9-19(6-2)11-14-12-22-18(23-14)8-7-15(16(21)10-18)17(3,4)13-20/h14,20-21H,5-13H2,1-4H3. The molecular weight excluding hydrogens is 294 g/mol. The molecule has 0 aromatic carbocycles. The number of nitrogens with zero attached hydrogens (tertiary/aromatic N) is 1. The van der Waals surface area contributed by atoms with Crippen molar-refractivity contribution < 1.29 is 19.7 Å². The molecule has 134 valence electrons. The largest absolute Gasteiger partial charge is 0.512 e. The van der Waals surface area contributed by atoms with Crippen molar-refractivity contribution in [3.8, 4) is 0 Å². The van der Waals surface area contributed by atoms with Crippen LogP contribution in [0.4, 0.5) is 0 Å². The number of aliphatic hydroxyl groups is 2. The monoisotopic (exact) mass is 327 g/mol. The van der Waals surface area contributed by atoms with E-state index in [2.05, 4.69) is 18.7 Å². The van der Waals surface area contributed by atoms with Crippen LogP contribution in [-0.2, 0) is 9.47 Å². The molecule has 2 unspecified atom stereocenters. The summed E-state index contributed by atoms with van der Waals surface area (Å²) < 4.78 is 12.2. The Kier molecular flexibility index (Phi) is 6.11. The molecule has 1 aliphatic heterocycles. The van der Waals surface area contributed by atoms with Crippen molar-refractivity contribution in [2.75, 3.05) is 32.8 Å². The van der Waals surface area contributed by atoms with E-state index in [1.54, 1.807) is 0 Å². The highest BCUT2D eigenvalue weighted by molar-refractivity contribution is 5.21. The number of likely N-dealkylation sites (N-methyl/N-ethyl adjacent to an activating group) is 1. The molecule has 1 spiro atoms. The van der Waals surface area contributed by atoms with Gasteiger partial charge >= 0.3 is 0 Å². The van der Waals surface area contributed by atoms with E-state index in [0.717, 1.165) is 38.0 Å². The number of aliphatic hydroxyl groups excluding tert-OH is 2. The van der Waals surface area contributed by atoms with Crippen molar-refractivity contribution >= 4 is 0 Å². The molecular formula is C18H33NO4. The zero-order valence-electron chi connectivity index (χ0n) is 15.1. The quantitative estimate of drug-likeness (QED) is 0.753. The Morgan fingerprint density at radius 3 is 2.65 bits per heavy atom. The third kappa shape index (κ3) is 4.27. The Balaban J connectivity index is 1.99. The van der Waals surface area contributed by atoms with E-state index in [1.807, 2.05) is 13.8 Å². The number of hydrogen-bond donors (Lipinski definition) is 2. The maximum absolute atomic E-state index is 10.5. The van der Waals surface area contributed by atoms with Crippen molar-refractivity contribution in [2.45, 2.75) is 65.3 Å². The van der Waals surface area contributed by atoms with Gasteiger partial charge in [0.2, 0.25) is 0 Å². The number of rotatable bonds is 7. The molecule has 5 heteroatoms. The predicted molar refractivity (Wildman–Crippen MR) is 90.3 cm³/mol. The van der Waals surface area contributed by atoms with Gasteiger partial charge in [-0.3, -0.25) is 0 Å².